The van der Waals surface area contributed by atoms with Gasteiger partial charge in [-0.2, -0.15) is 0 Å². The lowest BCUT2D eigenvalue weighted by Crippen LogP contribution is -2.31. The highest BCUT2D eigenvalue weighted by Crippen LogP contribution is 2.35. The maximum atomic E-state index is 12.9. The molecule has 0 N–H and O–H groups in total. The molecule has 0 atom stereocenters. The SMILES string of the molecule is CCCc1cc(=O)n2c3c(sc2n1)C(=O)N(c1cc(Cl)cc(Cl)c1)C3=O. The Balaban J connectivity index is 1.89. The van der Waals surface area contributed by atoms with Crippen LogP contribution in [0.15, 0.2) is 29.1 Å². The van der Waals surface area contributed by atoms with E-state index >= 15 is 0 Å². The molecular formula is C17H11Cl2N3O3S. The first kappa shape index (κ1) is 17.2. The number of nitrogens with zero attached hydrogens (tertiary/aromatic N) is 3. The van der Waals surface area contributed by atoms with E-state index in [1.807, 2.05) is 6.92 Å². The smallest absolute Gasteiger partial charge is 0.269 e. The average Bonchev–Trinajstić information content (AvgIpc) is 3.04. The highest BCUT2D eigenvalue weighted by atomic mass is 35.5. The number of aromatic nitrogens is 2. The van der Waals surface area contributed by atoms with Crippen LogP contribution >= 0.6 is 34.5 Å². The largest absolute Gasteiger partial charge is 0.284 e. The van der Waals surface area contributed by atoms with Crippen LogP contribution in [0.3, 0.4) is 0 Å². The van der Waals surface area contributed by atoms with Crippen LogP contribution in [-0.4, -0.2) is 21.2 Å². The van der Waals surface area contributed by atoms with E-state index < -0.39 is 11.8 Å². The molecule has 6 nitrogen and oxygen atoms in total. The zero-order chi connectivity index (χ0) is 18.6. The van der Waals surface area contributed by atoms with E-state index in [1.165, 1.54) is 28.7 Å². The molecule has 132 valence electrons. The van der Waals surface area contributed by atoms with Crippen molar-refractivity contribution in [3.05, 3.63) is 60.9 Å². The van der Waals surface area contributed by atoms with E-state index in [1.54, 1.807) is 0 Å². The highest BCUT2D eigenvalue weighted by molar-refractivity contribution is 7.19. The molecule has 3 heterocycles. The Morgan fingerprint density at radius 1 is 1.04 bits per heavy atom. The summed E-state index contributed by atoms with van der Waals surface area (Å²) in [4.78, 5) is 44.1. The Morgan fingerprint density at radius 3 is 2.38 bits per heavy atom. The molecule has 1 aliphatic heterocycles. The Hall–Kier alpha value is -2.22. The van der Waals surface area contributed by atoms with Crippen molar-refractivity contribution in [2.45, 2.75) is 19.8 Å². The number of thiazole rings is 1. The second kappa shape index (κ2) is 6.19. The van der Waals surface area contributed by atoms with Crippen LogP contribution in [0.2, 0.25) is 10.0 Å². The lowest BCUT2D eigenvalue weighted by molar-refractivity contribution is 0.0925. The Kier molecular flexibility index (Phi) is 4.10. The number of halogens is 2. The van der Waals surface area contributed by atoms with Crippen LogP contribution in [0.1, 0.15) is 39.2 Å². The third-order valence-corrected chi connectivity index (χ3v) is 5.45. The lowest BCUT2D eigenvalue weighted by Gasteiger charge is -2.15. The van der Waals surface area contributed by atoms with Gasteiger partial charge >= 0.3 is 0 Å². The molecule has 0 saturated carbocycles. The summed E-state index contributed by atoms with van der Waals surface area (Å²) in [5.74, 6) is -1.11. The standard InChI is InChI=1S/C17H11Cl2N3O3S/c1-2-3-10-7-12(23)22-13-14(26-17(22)20-10)16(25)21(15(13)24)11-5-8(18)4-9(19)6-11/h4-7H,2-3H2,1H3. The predicted molar refractivity (Wildman–Crippen MR) is 101 cm³/mol. The molecule has 4 rings (SSSR count). The number of anilines is 1. The van der Waals surface area contributed by atoms with Gasteiger partial charge in [-0.25, -0.2) is 14.3 Å². The highest BCUT2D eigenvalue weighted by Gasteiger charge is 2.41. The molecule has 0 radical (unpaired) electrons. The summed E-state index contributed by atoms with van der Waals surface area (Å²) in [5, 5.41) is 0.604. The Morgan fingerprint density at radius 2 is 1.73 bits per heavy atom. The van der Waals surface area contributed by atoms with E-state index in [-0.39, 0.29) is 21.8 Å². The van der Waals surface area contributed by atoms with Gasteiger partial charge in [0.2, 0.25) is 0 Å². The van der Waals surface area contributed by atoms with Gasteiger partial charge in [0, 0.05) is 21.8 Å². The summed E-state index contributed by atoms with van der Waals surface area (Å²) in [6.07, 6.45) is 1.50. The van der Waals surface area contributed by atoms with Gasteiger partial charge in [-0.05, 0) is 24.6 Å². The molecule has 2 aromatic heterocycles. The van der Waals surface area contributed by atoms with Crippen molar-refractivity contribution in [2.24, 2.45) is 0 Å². The molecule has 1 aliphatic rings. The van der Waals surface area contributed by atoms with E-state index in [0.717, 1.165) is 22.7 Å². The van der Waals surface area contributed by atoms with Gasteiger partial charge in [-0.1, -0.05) is 47.9 Å². The van der Waals surface area contributed by atoms with Crippen molar-refractivity contribution in [3.8, 4) is 0 Å². The number of carbonyl (C=O) groups excluding carboxylic acids is 2. The number of hydrogen-bond donors (Lipinski definition) is 0. The van der Waals surface area contributed by atoms with Crippen molar-refractivity contribution < 1.29 is 9.59 Å². The van der Waals surface area contributed by atoms with Gasteiger partial charge in [0.1, 0.15) is 10.6 Å². The monoisotopic (exact) mass is 407 g/mol. The summed E-state index contributed by atoms with van der Waals surface area (Å²) in [5.41, 5.74) is 0.572. The molecule has 2 amide bonds. The van der Waals surface area contributed by atoms with Gasteiger partial charge in [0.25, 0.3) is 17.4 Å². The van der Waals surface area contributed by atoms with Crippen LogP contribution in [0.4, 0.5) is 5.69 Å². The lowest BCUT2D eigenvalue weighted by atomic mass is 10.2. The van der Waals surface area contributed by atoms with Crippen LogP contribution in [-0.2, 0) is 6.42 Å². The summed E-state index contributed by atoms with van der Waals surface area (Å²) in [6, 6.07) is 5.86. The number of fused-ring (bicyclic) bond motifs is 3. The third-order valence-electron chi connectivity index (χ3n) is 3.99. The van der Waals surface area contributed by atoms with Crippen molar-refractivity contribution in [1.82, 2.24) is 9.38 Å². The number of carbonyl (C=O) groups is 2. The molecule has 1 aromatic carbocycles. The number of imide groups is 1. The summed E-state index contributed by atoms with van der Waals surface area (Å²) in [6.45, 7) is 1.99. The number of benzene rings is 1. The van der Waals surface area contributed by atoms with E-state index in [9.17, 15) is 14.4 Å². The average molecular weight is 408 g/mol. The first-order valence-corrected chi connectivity index (χ1v) is 9.38. The molecule has 3 aromatic rings. The van der Waals surface area contributed by atoms with Crippen molar-refractivity contribution >= 4 is 57.0 Å². The summed E-state index contributed by atoms with van der Waals surface area (Å²) < 4.78 is 1.20. The molecule has 0 saturated heterocycles. The van der Waals surface area contributed by atoms with Gasteiger partial charge < -0.3 is 0 Å². The van der Waals surface area contributed by atoms with Gasteiger partial charge in [-0.15, -0.1) is 0 Å². The second-order valence-corrected chi connectivity index (χ2v) is 7.66. The normalized spacial score (nSPS) is 13.7. The number of hydrogen-bond acceptors (Lipinski definition) is 5. The van der Waals surface area contributed by atoms with Crippen LogP contribution in [0.5, 0.6) is 0 Å². The zero-order valence-corrected chi connectivity index (χ0v) is 15.8. The first-order chi connectivity index (χ1) is 12.4. The molecule has 0 bridgehead atoms. The Labute approximate surface area is 161 Å². The van der Waals surface area contributed by atoms with Crippen molar-refractivity contribution in [1.29, 1.82) is 0 Å². The van der Waals surface area contributed by atoms with Gasteiger partial charge in [0.15, 0.2) is 4.96 Å². The Bertz CT molecular complexity index is 1130. The minimum atomic E-state index is -0.596. The maximum absolute atomic E-state index is 12.9. The minimum Gasteiger partial charge on any atom is -0.269 e. The van der Waals surface area contributed by atoms with E-state index in [4.69, 9.17) is 23.2 Å². The van der Waals surface area contributed by atoms with Gasteiger partial charge in [0.05, 0.1) is 5.69 Å². The van der Waals surface area contributed by atoms with Gasteiger partial charge in [-0.3, -0.25) is 14.4 Å². The van der Waals surface area contributed by atoms with Crippen LogP contribution in [0, 0.1) is 0 Å². The summed E-state index contributed by atoms with van der Waals surface area (Å²) in [7, 11) is 0. The van der Waals surface area contributed by atoms with Crippen LogP contribution in [0.25, 0.3) is 4.96 Å². The number of amides is 2. The topological polar surface area (TPSA) is 71.8 Å². The molecular weight excluding hydrogens is 397 g/mol. The van der Waals surface area contributed by atoms with Crippen molar-refractivity contribution in [2.75, 3.05) is 4.90 Å². The maximum Gasteiger partial charge on any atom is 0.284 e. The molecule has 0 fully saturated rings. The van der Waals surface area contributed by atoms with Crippen LogP contribution < -0.4 is 10.5 Å². The quantitative estimate of drug-likeness (QED) is 0.618. The fourth-order valence-corrected chi connectivity index (χ4v) is 4.53. The first-order valence-electron chi connectivity index (χ1n) is 7.81. The number of aryl methyl sites for hydroxylation is 1. The molecule has 9 heteroatoms. The molecule has 0 aliphatic carbocycles. The number of rotatable bonds is 3. The van der Waals surface area contributed by atoms with E-state index in [2.05, 4.69) is 4.98 Å². The third kappa shape index (κ3) is 2.55. The summed E-state index contributed by atoms with van der Waals surface area (Å²) >= 11 is 13.0. The fraction of sp³-hybridized carbons (Fsp3) is 0.176. The fourth-order valence-electron chi connectivity index (χ4n) is 2.95. The minimum absolute atomic E-state index is 0.0339. The zero-order valence-electron chi connectivity index (χ0n) is 13.5. The second-order valence-electron chi connectivity index (χ2n) is 5.81. The molecule has 0 unspecified atom stereocenters. The van der Waals surface area contributed by atoms with Crippen molar-refractivity contribution in [3.63, 3.8) is 0 Å². The molecule has 26 heavy (non-hydrogen) atoms. The predicted octanol–water partition coefficient (Wildman–Crippen LogP) is 3.82. The van der Waals surface area contributed by atoms with E-state index in [0.29, 0.717) is 27.1 Å². The molecule has 0 spiro atoms.